The average Bonchev–Trinajstić information content (AvgIpc) is 3.93. The number of carbonyl (C=O) groups excluding carboxylic acids is 3. The van der Waals surface area contributed by atoms with E-state index in [2.05, 4.69) is 52.2 Å². The third-order valence-corrected chi connectivity index (χ3v) is 15.4. The third-order valence-electron chi connectivity index (χ3n) is 13.0. The summed E-state index contributed by atoms with van der Waals surface area (Å²) in [6.07, 6.45) is 1.04. The number of benzene rings is 7. The van der Waals surface area contributed by atoms with Crippen molar-refractivity contribution < 1.29 is 28.7 Å². The lowest BCUT2D eigenvalue weighted by Gasteiger charge is -2.49. The number of nitrogens with zero attached hydrogens (tertiary/aromatic N) is 3. The lowest BCUT2D eigenvalue weighted by atomic mass is 9.77. The van der Waals surface area contributed by atoms with Crippen LogP contribution in [0.15, 0.2) is 222 Å². The maximum atomic E-state index is 13.8. The molecular formula is C59H48ClN5O6S2. The van der Waals surface area contributed by atoms with E-state index in [1.807, 2.05) is 145 Å². The van der Waals surface area contributed by atoms with E-state index in [1.165, 1.54) is 28.0 Å². The SMILES string of the molecule is COc1ccc(COC(=O)C2=C(CCl)CS[C@@H]3[C@H](NC(=O)/C=N/OC(c4ccccc4)(c4ccccc4)c4ccccc4-c4csc(NC(c5ccccc5)(c5ccccc5)c5ccccc5)n4)C(=O)N23)cc1. The molecule has 2 amide bonds. The van der Waals surface area contributed by atoms with Crippen molar-refractivity contribution in [1.82, 2.24) is 15.2 Å². The van der Waals surface area contributed by atoms with Crippen molar-refractivity contribution in [2.24, 2.45) is 5.16 Å². The van der Waals surface area contributed by atoms with Gasteiger partial charge < -0.3 is 24.9 Å². The van der Waals surface area contributed by atoms with Gasteiger partial charge in [0.2, 0.25) is 5.60 Å². The van der Waals surface area contributed by atoms with Crippen LogP contribution in [0.5, 0.6) is 5.75 Å². The largest absolute Gasteiger partial charge is 0.497 e. The second kappa shape index (κ2) is 21.8. The second-order valence-electron chi connectivity index (χ2n) is 17.2. The van der Waals surface area contributed by atoms with E-state index in [0.29, 0.717) is 27.9 Å². The second-order valence-corrected chi connectivity index (χ2v) is 19.4. The summed E-state index contributed by atoms with van der Waals surface area (Å²) < 4.78 is 10.9. The quantitative estimate of drug-likeness (QED) is 0.0215. The summed E-state index contributed by atoms with van der Waals surface area (Å²) in [6.45, 7) is -0.0167. The Morgan fingerprint density at radius 1 is 0.740 bits per heavy atom. The Bertz CT molecular complexity index is 3140. The zero-order chi connectivity index (χ0) is 50.2. The minimum atomic E-state index is -1.42. The van der Waals surface area contributed by atoms with Gasteiger partial charge in [-0.05, 0) is 40.0 Å². The van der Waals surface area contributed by atoms with Crippen LogP contribution in [-0.4, -0.2) is 64.0 Å². The van der Waals surface area contributed by atoms with Crippen molar-refractivity contribution in [3.05, 3.63) is 256 Å². The van der Waals surface area contributed by atoms with Crippen LogP contribution in [0.1, 0.15) is 38.9 Å². The Kier molecular flexibility index (Phi) is 14.5. The molecule has 2 aliphatic rings. The van der Waals surface area contributed by atoms with Gasteiger partial charge in [0.25, 0.3) is 11.8 Å². The number of fused-ring (bicyclic) bond motifs is 1. The predicted octanol–water partition coefficient (Wildman–Crippen LogP) is 11.2. The number of methoxy groups -OCH3 is 1. The number of alkyl halides is 1. The number of amides is 2. The minimum Gasteiger partial charge on any atom is -0.497 e. The highest BCUT2D eigenvalue weighted by Gasteiger charge is 2.54. The smallest absolute Gasteiger partial charge is 0.355 e. The van der Waals surface area contributed by atoms with Crippen LogP contribution in [0, 0.1) is 0 Å². The molecule has 1 saturated heterocycles. The average molecular weight is 1020 g/mol. The zero-order valence-electron chi connectivity index (χ0n) is 39.5. The molecule has 0 unspecified atom stereocenters. The molecule has 14 heteroatoms. The number of hydrogen-bond acceptors (Lipinski definition) is 11. The zero-order valence-corrected chi connectivity index (χ0v) is 41.9. The van der Waals surface area contributed by atoms with Gasteiger partial charge in [0, 0.05) is 39.3 Å². The molecule has 0 aliphatic carbocycles. The van der Waals surface area contributed by atoms with Gasteiger partial charge in [0.15, 0.2) is 5.13 Å². The van der Waals surface area contributed by atoms with Crippen molar-refractivity contribution in [1.29, 1.82) is 0 Å². The number of ether oxygens (including phenoxy) is 2. The number of esters is 1. The number of anilines is 1. The predicted molar refractivity (Wildman–Crippen MR) is 288 cm³/mol. The van der Waals surface area contributed by atoms with Gasteiger partial charge in [-0.2, -0.15) is 0 Å². The lowest BCUT2D eigenvalue weighted by molar-refractivity contribution is -0.153. The number of nitrogens with one attached hydrogen (secondary N) is 2. The van der Waals surface area contributed by atoms with Gasteiger partial charge in [-0.15, -0.1) is 34.7 Å². The number of carbonyl (C=O) groups is 3. The fourth-order valence-electron chi connectivity index (χ4n) is 9.45. The highest BCUT2D eigenvalue weighted by atomic mass is 35.5. The molecule has 2 atom stereocenters. The Morgan fingerprint density at radius 2 is 1.27 bits per heavy atom. The Hall–Kier alpha value is -7.97. The highest BCUT2D eigenvalue weighted by Crippen LogP contribution is 2.47. The highest BCUT2D eigenvalue weighted by molar-refractivity contribution is 8.00. The normalized spacial score (nSPS) is 15.5. The topological polar surface area (TPSA) is 131 Å². The Morgan fingerprint density at radius 3 is 1.82 bits per heavy atom. The van der Waals surface area contributed by atoms with Crippen molar-refractivity contribution in [3.8, 4) is 17.0 Å². The van der Waals surface area contributed by atoms with E-state index >= 15 is 0 Å². The van der Waals surface area contributed by atoms with E-state index in [0.717, 1.165) is 50.7 Å². The first-order chi connectivity index (χ1) is 35.8. The van der Waals surface area contributed by atoms with E-state index in [9.17, 15) is 14.4 Å². The van der Waals surface area contributed by atoms with Crippen LogP contribution in [0.2, 0.25) is 0 Å². The number of hydrogen-bond donors (Lipinski definition) is 2. The summed E-state index contributed by atoms with van der Waals surface area (Å²) in [5.41, 5.74) is 6.02. The summed E-state index contributed by atoms with van der Waals surface area (Å²) in [6, 6.07) is 64.7. The number of rotatable bonds is 18. The third kappa shape index (κ3) is 9.62. The summed E-state index contributed by atoms with van der Waals surface area (Å²) in [5, 5.41) is 13.3. The Balaban J connectivity index is 0.947. The maximum absolute atomic E-state index is 13.8. The number of oxime groups is 1. The molecule has 73 heavy (non-hydrogen) atoms. The van der Waals surface area contributed by atoms with Gasteiger partial charge in [0.05, 0.1) is 12.8 Å². The van der Waals surface area contributed by atoms with Crippen molar-refractivity contribution in [2.75, 3.05) is 24.1 Å². The molecule has 11 nitrogen and oxygen atoms in total. The Labute approximate surface area is 436 Å². The molecule has 2 N–H and O–H groups in total. The molecule has 10 rings (SSSR count). The summed E-state index contributed by atoms with van der Waals surface area (Å²) in [4.78, 5) is 54.7. The van der Waals surface area contributed by atoms with Crippen molar-refractivity contribution in [3.63, 3.8) is 0 Å². The van der Waals surface area contributed by atoms with Crippen molar-refractivity contribution >= 4 is 63.8 Å². The van der Waals surface area contributed by atoms with E-state index < -0.39 is 40.3 Å². The first kappa shape index (κ1) is 48.6. The number of halogens is 1. The maximum Gasteiger partial charge on any atom is 0.355 e. The number of aromatic nitrogens is 1. The molecule has 364 valence electrons. The minimum absolute atomic E-state index is 0.0167. The van der Waals surface area contributed by atoms with Crippen LogP contribution >= 0.6 is 34.7 Å². The molecule has 8 aromatic rings. The van der Waals surface area contributed by atoms with E-state index in [1.54, 1.807) is 31.4 Å². The van der Waals surface area contributed by atoms with Crippen LogP contribution in [-0.2, 0) is 41.7 Å². The molecule has 2 aliphatic heterocycles. The number of thioether (sulfide) groups is 1. The first-order valence-electron chi connectivity index (χ1n) is 23.5. The molecule has 0 spiro atoms. The number of β-lactam (4-membered cyclic amide) rings is 1. The molecule has 1 aromatic heterocycles. The molecular weight excluding hydrogens is 974 g/mol. The van der Waals surface area contributed by atoms with Crippen molar-refractivity contribution in [2.45, 2.75) is 29.2 Å². The van der Waals surface area contributed by atoms with Gasteiger partial charge in [-0.3, -0.25) is 14.5 Å². The molecule has 1 fully saturated rings. The molecule has 0 saturated carbocycles. The summed E-state index contributed by atoms with van der Waals surface area (Å²) >= 11 is 9.19. The standard InChI is InChI=1S/C59H48ClN5O6S2/c1-69-47-33-31-40(32-34-47)37-70-56(68)53-41(35-60)38-72-55-52(54(67)65(53)55)63-51(66)36-61-71-59(45-25-13-5-14-26-45,46-27-15-6-16-28-46)49-30-18-17-29-48(49)50-39-73-57(62-50)64-58(42-19-7-2-8-20-42,43-21-9-3-10-22-43)44-23-11-4-12-24-44/h2-34,36,39,52,55H,35,37-38H2,1H3,(H,62,64)(H,63,66)/b61-36+/t52-,55-/m1/s1. The van der Waals surface area contributed by atoms with Gasteiger partial charge in [0.1, 0.15) is 41.2 Å². The fraction of sp³-hybridized carbons (Fsp3) is 0.136. The van der Waals surface area contributed by atoms with Gasteiger partial charge in [-0.1, -0.05) is 193 Å². The van der Waals surface area contributed by atoms with Crippen LogP contribution < -0.4 is 15.4 Å². The molecule has 0 bridgehead atoms. The van der Waals surface area contributed by atoms with Gasteiger partial charge in [-0.25, -0.2) is 9.78 Å². The lowest BCUT2D eigenvalue weighted by Crippen LogP contribution is -2.70. The van der Waals surface area contributed by atoms with Crippen LogP contribution in [0.25, 0.3) is 11.3 Å². The van der Waals surface area contributed by atoms with E-state index in [-0.39, 0.29) is 18.2 Å². The monoisotopic (exact) mass is 1020 g/mol. The van der Waals surface area contributed by atoms with Gasteiger partial charge >= 0.3 is 5.97 Å². The number of thiazole rings is 1. The molecule has 0 radical (unpaired) electrons. The molecule has 3 heterocycles. The first-order valence-corrected chi connectivity index (χ1v) is 26.0. The summed E-state index contributed by atoms with van der Waals surface area (Å²) in [5.74, 6) is -0.731. The fourth-order valence-corrected chi connectivity index (χ4v) is 11.9. The van der Waals surface area contributed by atoms with Crippen LogP contribution in [0.3, 0.4) is 0 Å². The van der Waals surface area contributed by atoms with E-state index in [4.69, 9.17) is 30.9 Å². The summed E-state index contributed by atoms with van der Waals surface area (Å²) in [7, 11) is 1.57. The van der Waals surface area contributed by atoms with Crippen LogP contribution in [0.4, 0.5) is 5.13 Å². The molecule has 7 aromatic carbocycles.